The first-order valence-corrected chi connectivity index (χ1v) is 11.1. The molecule has 0 radical (unpaired) electrons. The van der Waals surface area contributed by atoms with Gasteiger partial charge in [-0.25, -0.2) is 9.98 Å². The number of anilines is 1. The number of ether oxygens (including phenoxy) is 2. The van der Waals surface area contributed by atoms with Crippen molar-refractivity contribution in [3.8, 4) is 5.75 Å². The highest BCUT2D eigenvalue weighted by molar-refractivity contribution is 5.79. The van der Waals surface area contributed by atoms with E-state index in [9.17, 15) is 0 Å². The van der Waals surface area contributed by atoms with Crippen LogP contribution in [0.5, 0.6) is 5.75 Å². The molecule has 1 unspecified atom stereocenters. The van der Waals surface area contributed by atoms with Gasteiger partial charge in [-0.05, 0) is 56.0 Å². The second kappa shape index (κ2) is 11.6. The Balaban J connectivity index is 1.53. The van der Waals surface area contributed by atoms with Crippen molar-refractivity contribution < 1.29 is 9.47 Å². The molecule has 2 N–H and O–H groups in total. The number of morpholine rings is 1. The summed E-state index contributed by atoms with van der Waals surface area (Å²) in [7, 11) is 1.71. The zero-order chi connectivity index (χ0) is 22.1. The summed E-state index contributed by atoms with van der Waals surface area (Å²) in [5.41, 5.74) is 3.48. The highest BCUT2D eigenvalue weighted by Gasteiger charge is 2.17. The number of aromatic nitrogens is 1. The average molecular weight is 426 g/mol. The third-order valence-electron chi connectivity index (χ3n) is 5.32. The standard InChI is InChI=1S/C24H35N5O2/c1-5-25-24(26-11-10-20-7-6-18(2)22(14-20)30-4)28-16-21-8-9-23(27-15-21)29-12-13-31-19(3)17-29/h6-9,14-15,19H,5,10-13,16-17H2,1-4H3,(H2,25,26,28). The summed E-state index contributed by atoms with van der Waals surface area (Å²) in [6, 6.07) is 10.5. The average Bonchev–Trinajstić information content (AvgIpc) is 2.79. The molecule has 0 spiro atoms. The van der Waals surface area contributed by atoms with Gasteiger partial charge in [-0.1, -0.05) is 18.2 Å². The van der Waals surface area contributed by atoms with Crippen LogP contribution >= 0.6 is 0 Å². The molecule has 2 heterocycles. The number of nitrogens with zero attached hydrogens (tertiary/aromatic N) is 3. The van der Waals surface area contributed by atoms with Crippen LogP contribution in [0.1, 0.15) is 30.5 Å². The van der Waals surface area contributed by atoms with E-state index in [2.05, 4.69) is 71.6 Å². The van der Waals surface area contributed by atoms with Crippen molar-refractivity contribution in [2.75, 3.05) is 44.8 Å². The summed E-state index contributed by atoms with van der Waals surface area (Å²) in [5, 5.41) is 6.73. The lowest BCUT2D eigenvalue weighted by atomic mass is 10.1. The number of rotatable bonds is 8. The molecule has 0 aliphatic carbocycles. The molecule has 168 valence electrons. The van der Waals surface area contributed by atoms with E-state index in [0.717, 1.165) is 67.9 Å². The molecule has 7 heteroatoms. The molecule has 0 saturated carbocycles. The molecule has 0 bridgehead atoms. The van der Waals surface area contributed by atoms with Gasteiger partial charge in [0.2, 0.25) is 0 Å². The van der Waals surface area contributed by atoms with E-state index >= 15 is 0 Å². The number of nitrogens with one attached hydrogen (secondary N) is 2. The molecule has 2 aromatic rings. The smallest absolute Gasteiger partial charge is 0.191 e. The lowest BCUT2D eigenvalue weighted by Gasteiger charge is -2.32. The van der Waals surface area contributed by atoms with E-state index in [1.54, 1.807) is 7.11 Å². The minimum absolute atomic E-state index is 0.245. The van der Waals surface area contributed by atoms with Crippen molar-refractivity contribution in [1.82, 2.24) is 15.6 Å². The van der Waals surface area contributed by atoms with Gasteiger partial charge in [-0.2, -0.15) is 0 Å². The lowest BCUT2D eigenvalue weighted by molar-refractivity contribution is 0.0529. The van der Waals surface area contributed by atoms with Crippen molar-refractivity contribution in [1.29, 1.82) is 0 Å². The highest BCUT2D eigenvalue weighted by atomic mass is 16.5. The van der Waals surface area contributed by atoms with Crippen LogP contribution in [0, 0.1) is 6.92 Å². The minimum atomic E-state index is 0.245. The second-order valence-electron chi connectivity index (χ2n) is 7.83. The van der Waals surface area contributed by atoms with Crippen LogP contribution in [0.2, 0.25) is 0 Å². The minimum Gasteiger partial charge on any atom is -0.496 e. The largest absolute Gasteiger partial charge is 0.496 e. The fourth-order valence-electron chi connectivity index (χ4n) is 3.58. The Hall–Kier alpha value is -2.80. The van der Waals surface area contributed by atoms with Gasteiger partial charge < -0.3 is 25.0 Å². The predicted octanol–water partition coefficient (Wildman–Crippen LogP) is 2.92. The van der Waals surface area contributed by atoms with E-state index in [0.29, 0.717) is 6.54 Å². The van der Waals surface area contributed by atoms with Gasteiger partial charge in [0, 0.05) is 32.4 Å². The van der Waals surface area contributed by atoms with Crippen molar-refractivity contribution in [2.45, 2.75) is 39.8 Å². The predicted molar refractivity (Wildman–Crippen MR) is 126 cm³/mol. The number of pyridine rings is 1. The molecule has 3 rings (SSSR count). The number of hydrogen-bond acceptors (Lipinski definition) is 5. The maximum absolute atomic E-state index is 5.61. The lowest BCUT2D eigenvalue weighted by Crippen LogP contribution is -2.41. The van der Waals surface area contributed by atoms with Crippen molar-refractivity contribution in [2.24, 2.45) is 4.99 Å². The Kier molecular flexibility index (Phi) is 8.53. The topological polar surface area (TPSA) is 71.0 Å². The Labute approximate surface area is 185 Å². The number of guanidine groups is 1. The van der Waals surface area contributed by atoms with E-state index < -0.39 is 0 Å². The van der Waals surface area contributed by atoms with Crippen LogP contribution in [-0.4, -0.2) is 56.9 Å². The summed E-state index contributed by atoms with van der Waals surface area (Å²) in [5.74, 6) is 2.75. The second-order valence-corrected chi connectivity index (χ2v) is 7.83. The molecule has 1 aromatic heterocycles. The number of hydrogen-bond donors (Lipinski definition) is 2. The van der Waals surface area contributed by atoms with E-state index in [-0.39, 0.29) is 6.10 Å². The van der Waals surface area contributed by atoms with Gasteiger partial charge >= 0.3 is 0 Å². The molecule has 1 aromatic carbocycles. The van der Waals surface area contributed by atoms with Gasteiger partial charge in [0.25, 0.3) is 0 Å². The Morgan fingerprint density at radius 2 is 2.10 bits per heavy atom. The Bertz CT molecular complexity index is 854. The number of benzene rings is 1. The highest BCUT2D eigenvalue weighted by Crippen LogP contribution is 2.19. The van der Waals surface area contributed by atoms with Crippen LogP contribution in [0.15, 0.2) is 41.5 Å². The molecule has 0 amide bonds. The monoisotopic (exact) mass is 425 g/mol. The van der Waals surface area contributed by atoms with Gasteiger partial charge in [0.15, 0.2) is 5.96 Å². The fourth-order valence-corrected chi connectivity index (χ4v) is 3.58. The van der Waals surface area contributed by atoms with Gasteiger partial charge in [0.05, 0.1) is 26.4 Å². The van der Waals surface area contributed by atoms with Gasteiger partial charge in [-0.15, -0.1) is 0 Å². The first kappa shape index (κ1) is 22.9. The molecule has 1 aliphatic rings. The third-order valence-corrected chi connectivity index (χ3v) is 5.32. The summed E-state index contributed by atoms with van der Waals surface area (Å²) in [6.07, 6.45) is 3.06. The molecule has 7 nitrogen and oxygen atoms in total. The van der Waals surface area contributed by atoms with Gasteiger partial charge in [-0.3, -0.25) is 0 Å². The SMILES string of the molecule is CCNC(=NCc1ccc(N2CCOC(C)C2)nc1)NCCc1ccc(C)c(OC)c1. The number of aryl methyl sites for hydroxylation is 1. The maximum atomic E-state index is 5.61. The summed E-state index contributed by atoms with van der Waals surface area (Å²) in [4.78, 5) is 11.6. The molecular formula is C24H35N5O2. The zero-order valence-electron chi connectivity index (χ0n) is 19.1. The quantitative estimate of drug-likeness (QED) is 0.501. The molecule has 1 fully saturated rings. The molecular weight excluding hydrogens is 390 g/mol. The van der Waals surface area contributed by atoms with Crippen molar-refractivity contribution >= 4 is 11.8 Å². The first-order valence-electron chi connectivity index (χ1n) is 11.1. The van der Waals surface area contributed by atoms with E-state index in [4.69, 9.17) is 14.5 Å². The Morgan fingerprint density at radius 1 is 1.26 bits per heavy atom. The van der Waals surface area contributed by atoms with Crippen molar-refractivity contribution in [3.05, 3.63) is 53.2 Å². The van der Waals surface area contributed by atoms with Crippen LogP contribution in [-0.2, 0) is 17.7 Å². The zero-order valence-corrected chi connectivity index (χ0v) is 19.1. The molecule has 1 atom stereocenters. The normalized spacial score (nSPS) is 16.8. The summed E-state index contributed by atoms with van der Waals surface area (Å²) >= 11 is 0. The Morgan fingerprint density at radius 3 is 2.81 bits per heavy atom. The van der Waals surface area contributed by atoms with Gasteiger partial charge in [0.1, 0.15) is 11.6 Å². The van der Waals surface area contributed by atoms with Crippen LogP contribution in [0.25, 0.3) is 0 Å². The first-order chi connectivity index (χ1) is 15.1. The third kappa shape index (κ3) is 6.85. The van der Waals surface area contributed by atoms with Crippen LogP contribution < -0.4 is 20.3 Å². The van der Waals surface area contributed by atoms with Crippen LogP contribution in [0.4, 0.5) is 5.82 Å². The summed E-state index contributed by atoms with van der Waals surface area (Å²) < 4.78 is 11.0. The molecule has 1 aliphatic heterocycles. The number of methoxy groups -OCH3 is 1. The summed E-state index contributed by atoms with van der Waals surface area (Å²) in [6.45, 7) is 10.9. The number of aliphatic imine (C=N–C) groups is 1. The van der Waals surface area contributed by atoms with Crippen LogP contribution in [0.3, 0.4) is 0 Å². The van der Waals surface area contributed by atoms with E-state index in [1.165, 1.54) is 5.56 Å². The molecule has 1 saturated heterocycles. The molecule has 31 heavy (non-hydrogen) atoms. The van der Waals surface area contributed by atoms with E-state index in [1.807, 2.05) is 6.20 Å². The van der Waals surface area contributed by atoms with Crippen molar-refractivity contribution in [3.63, 3.8) is 0 Å². The fraction of sp³-hybridized carbons (Fsp3) is 0.500. The maximum Gasteiger partial charge on any atom is 0.191 e.